The fourth-order valence-corrected chi connectivity index (χ4v) is 1.34. The van der Waals surface area contributed by atoms with Gasteiger partial charge < -0.3 is 10.8 Å². The third-order valence-electron chi connectivity index (χ3n) is 1.99. The Labute approximate surface area is 83.2 Å². The van der Waals surface area contributed by atoms with Crippen molar-refractivity contribution in [1.29, 1.82) is 0 Å². The lowest BCUT2D eigenvalue weighted by atomic mass is 9.99. The first-order valence-corrected chi connectivity index (χ1v) is 4.05. The van der Waals surface area contributed by atoms with Crippen LogP contribution in [0.3, 0.4) is 0 Å². The largest absolute Gasteiger partial charge is 0.439 e. The van der Waals surface area contributed by atoms with E-state index in [9.17, 15) is 18.3 Å². The third-order valence-corrected chi connectivity index (χ3v) is 2.16. The third kappa shape index (κ3) is 1.34. The monoisotopic (exact) mass is 227 g/mol. The van der Waals surface area contributed by atoms with Gasteiger partial charge in [0, 0.05) is 6.21 Å². The van der Waals surface area contributed by atoms with E-state index in [0.29, 0.717) is 0 Å². The second kappa shape index (κ2) is 3.06. The predicted octanol–water partition coefficient (Wildman–Crippen LogP) is 0.418. The molecule has 4 nitrogen and oxygen atoms in total. The minimum atomic E-state index is -4.87. The van der Waals surface area contributed by atoms with Gasteiger partial charge in [0.25, 0.3) is 5.72 Å². The molecule has 0 amide bonds. The highest BCUT2D eigenvalue weighted by molar-refractivity contribution is 7.80. The van der Waals surface area contributed by atoms with E-state index in [2.05, 4.69) is 17.3 Å². The minimum Gasteiger partial charge on any atom is -0.375 e. The number of rotatable bonds is 0. The maximum atomic E-state index is 12.5. The van der Waals surface area contributed by atoms with Gasteiger partial charge in [-0.1, -0.05) is 6.92 Å². The summed E-state index contributed by atoms with van der Waals surface area (Å²) in [5.74, 6) is -1.22. The molecular weight excluding hydrogens is 219 g/mol. The second-order valence-electron chi connectivity index (χ2n) is 2.93. The van der Waals surface area contributed by atoms with Gasteiger partial charge in [0.2, 0.25) is 0 Å². The van der Waals surface area contributed by atoms with Crippen molar-refractivity contribution in [3.8, 4) is 0 Å². The minimum absolute atomic E-state index is 0.201. The van der Waals surface area contributed by atoms with Crippen LogP contribution < -0.4 is 5.73 Å². The van der Waals surface area contributed by atoms with Crippen LogP contribution in [0.1, 0.15) is 6.92 Å². The van der Waals surface area contributed by atoms with Crippen LogP contribution in [0.2, 0.25) is 0 Å². The molecule has 1 heterocycles. The molecule has 2 atom stereocenters. The first-order valence-electron chi connectivity index (χ1n) is 3.64. The fourth-order valence-electron chi connectivity index (χ4n) is 1.15. The zero-order chi connectivity index (χ0) is 11.1. The summed E-state index contributed by atoms with van der Waals surface area (Å²) in [6, 6.07) is 0. The number of hydrazone groups is 1. The van der Waals surface area contributed by atoms with Crippen LogP contribution in [-0.4, -0.2) is 33.3 Å². The summed E-state index contributed by atoms with van der Waals surface area (Å²) < 4.78 is 37.6. The lowest BCUT2D eigenvalue weighted by molar-refractivity contribution is -0.307. The first-order chi connectivity index (χ1) is 6.21. The fraction of sp³-hybridized carbons (Fsp3) is 0.667. The van der Waals surface area contributed by atoms with E-state index in [-0.39, 0.29) is 5.01 Å². The lowest BCUT2D eigenvalue weighted by Crippen LogP contribution is -2.61. The van der Waals surface area contributed by atoms with E-state index in [1.165, 1.54) is 6.92 Å². The van der Waals surface area contributed by atoms with Crippen LogP contribution in [-0.2, 0) is 0 Å². The van der Waals surface area contributed by atoms with Crippen LogP contribution in [0.15, 0.2) is 5.10 Å². The molecule has 14 heavy (non-hydrogen) atoms. The van der Waals surface area contributed by atoms with E-state index in [4.69, 9.17) is 5.73 Å². The first kappa shape index (κ1) is 11.2. The molecule has 0 aromatic rings. The molecular formula is C6H8F3N3OS. The number of alkyl halides is 3. The average Bonchev–Trinajstić information content (AvgIpc) is 2.28. The Morgan fingerprint density at radius 3 is 2.50 bits per heavy atom. The molecule has 1 aliphatic heterocycles. The van der Waals surface area contributed by atoms with Gasteiger partial charge in [0.15, 0.2) is 5.11 Å². The Morgan fingerprint density at radius 1 is 1.71 bits per heavy atom. The Bertz CT molecular complexity index is 293. The van der Waals surface area contributed by atoms with Crippen LogP contribution in [0.4, 0.5) is 13.2 Å². The van der Waals surface area contributed by atoms with Gasteiger partial charge in [-0.2, -0.15) is 23.3 Å². The number of hydrogen-bond donors (Lipinski definition) is 2. The normalized spacial score (nSPS) is 32.4. The molecule has 0 radical (unpaired) electrons. The van der Waals surface area contributed by atoms with E-state index >= 15 is 0 Å². The Kier molecular flexibility index (Phi) is 2.44. The molecule has 0 saturated carbocycles. The van der Waals surface area contributed by atoms with Crippen molar-refractivity contribution in [1.82, 2.24) is 5.01 Å². The molecule has 0 aromatic carbocycles. The van der Waals surface area contributed by atoms with Gasteiger partial charge in [-0.05, 0) is 12.2 Å². The van der Waals surface area contributed by atoms with Crippen molar-refractivity contribution in [2.45, 2.75) is 18.8 Å². The highest BCUT2D eigenvalue weighted by Gasteiger charge is 2.64. The molecule has 0 aliphatic carbocycles. The van der Waals surface area contributed by atoms with Gasteiger partial charge in [-0.25, -0.2) is 0 Å². The summed E-state index contributed by atoms with van der Waals surface area (Å²) >= 11 is 4.36. The number of aliphatic hydroxyl groups is 1. The zero-order valence-corrected chi connectivity index (χ0v) is 7.93. The molecule has 1 rings (SSSR count). The maximum Gasteiger partial charge on any atom is 0.439 e. The van der Waals surface area contributed by atoms with Crippen LogP contribution >= 0.6 is 12.2 Å². The summed E-state index contributed by atoms with van der Waals surface area (Å²) in [4.78, 5) is 0. The highest BCUT2D eigenvalue weighted by Crippen LogP contribution is 2.41. The average molecular weight is 227 g/mol. The van der Waals surface area contributed by atoms with Crippen LogP contribution in [0, 0.1) is 5.92 Å². The van der Waals surface area contributed by atoms with E-state index in [0.717, 1.165) is 6.21 Å². The SMILES string of the molecule is CC1C=NN(C(N)=S)C1(O)C(F)(F)F. The molecule has 1 aliphatic rings. The van der Waals surface area contributed by atoms with Crippen molar-refractivity contribution in [3.63, 3.8) is 0 Å². The van der Waals surface area contributed by atoms with E-state index < -0.39 is 22.9 Å². The summed E-state index contributed by atoms with van der Waals surface area (Å²) in [5.41, 5.74) is 1.89. The molecule has 0 saturated heterocycles. The van der Waals surface area contributed by atoms with Crippen molar-refractivity contribution in [2.24, 2.45) is 16.8 Å². The Hall–Kier alpha value is -0.890. The Balaban J connectivity index is 3.12. The number of hydrogen-bond acceptors (Lipinski definition) is 3. The van der Waals surface area contributed by atoms with Crippen LogP contribution in [0.25, 0.3) is 0 Å². The maximum absolute atomic E-state index is 12.5. The number of nitrogens with zero attached hydrogens (tertiary/aromatic N) is 2. The van der Waals surface area contributed by atoms with Crippen LogP contribution in [0.5, 0.6) is 0 Å². The topological polar surface area (TPSA) is 61.8 Å². The molecule has 0 spiro atoms. The summed E-state index contributed by atoms with van der Waals surface area (Å²) in [7, 11) is 0. The van der Waals surface area contributed by atoms with Crippen molar-refractivity contribution >= 4 is 23.5 Å². The Morgan fingerprint density at radius 2 is 2.21 bits per heavy atom. The molecule has 80 valence electrons. The van der Waals surface area contributed by atoms with Crippen molar-refractivity contribution < 1.29 is 18.3 Å². The summed E-state index contributed by atoms with van der Waals surface area (Å²) in [5, 5.41) is 12.3. The van der Waals surface area contributed by atoms with E-state index in [1.807, 2.05) is 0 Å². The van der Waals surface area contributed by atoms with Gasteiger partial charge in [0.05, 0.1) is 5.92 Å². The smallest absolute Gasteiger partial charge is 0.375 e. The molecule has 8 heteroatoms. The summed E-state index contributed by atoms with van der Waals surface area (Å²) in [6.07, 6.45) is -3.92. The zero-order valence-electron chi connectivity index (χ0n) is 7.12. The molecule has 0 bridgehead atoms. The molecule has 0 fully saturated rings. The van der Waals surface area contributed by atoms with Gasteiger partial charge in [0.1, 0.15) is 0 Å². The standard InChI is InChI=1S/C6H8F3N3OS/c1-3-2-11-12(4(10)14)5(3,13)6(7,8)9/h2-3,13H,1H3,(H2,10,14). The van der Waals surface area contributed by atoms with Crippen molar-refractivity contribution in [3.05, 3.63) is 0 Å². The molecule has 2 unspecified atom stereocenters. The highest BCUT2D eigenvalue weighted by atomic mass is 32.1. The molecule has 3 N–H and O–H groups in total. The number of thiocarbonyl (C=S) groups is 1. The number of halogens is 3. The van der Waals surface area contributed by atoms with Gasteiger partial charge in [-0.3, -0.25) is 0 Å². The second-order valence-corrected chi connectivity index (χ2v) is 3.35. The number of nitrogens with two attached hydrogens (primary N) is 1. The quantitative estimate of drug-likeness (QED) is 0.589. The summed E-state index contributed by atoms with van der Waals surface area (Å²) in [6.45, 7) is 1.18. The van der Waals surface area contributed by atoms with Gasteiger partial charge in [-0.15, -0.1) is 0 Å². The lowest BCUT2D eigenvalue weighted by Gasteiger charge is -2.35. The van der Waals surface area contributed by atoms with Crippen molar-refractivity contribution in [2.75, 3.05) is 0 Å². The predicted molar refractivity (Wildman–Crippen MR) is 47.3 cm³/mol. The molecule has 0 aromatic heterocycles. The van der Waals surface area contributed by atoms with E-state index in [1.54, 1.807) is 0 Å². The van der Waals surface area contributed by atoms with Gasteiger partial charge >= 0.3 is 6.18 Å².